The lowest BCUT2D eigenvalue weighted by molar-refractivity contribution is 0.276. The molecule has 0 bridgehead atoms. The fraction of sp³-hybridized carbons (Fsp3) is 0.571. The summed E-state index contributed by atoms with van der Waals surface area (Å²) in [5, 5.41) is 0. The number of fused-ring (bicyclic) bond motifs is 1. The number of hydrogen-bond donors (Lipinski definition) is 1. The Kier molecular flexibility index (Phi) is 2.82. The van der Waals surface area contributed by atoms with Crippen molar-refractivity contribution < 1.29 is 0 Å². The quantitative estimate of drug-likeness (QED) is 0.718. The highest BCUT2D eigenvalue weighted by molar-refractivity contribution is 5.30. The summed E-state index contributed by atoms with van der Waals surface area (Å²) in [7, 11) is 0. The molecule has 0 aliphatic heterocycles. The second kappa shape index (κ2) is 3.99. The average Bonchev–Trinajstić information content (AvgIpc) is 2.56. The van der Waals surface area contributed by atoms with E-state index in [-0.39, 0.29) is 6.04 Å². The molecular weight excluding hydrogens is 196 g/mol. The number of hydrogen-bond acceptors (Lipinski definition) is 1. The van der Waals surface area contributed by atoms with Crippen molar-refractivity contribution in [3.63, 3.8) is 0 Å². The molecule has 1 unspecified atom stereocenters. The van der Waals surface area contributed by atoms with E-state index in [1.165, 1.54) is 11.3 Å². The maximum Gasteiger partial charge on any atom is 0.0834 e. The van der Waals surface area contributed by atoms with Crippen LogP contribution in [-0.2, 0) is 13.0 Å². The summed E-state index contributed by atoms with van der Waals surface area (Å²) >= 11 is 0. The normalized spacial score (nSPS) is 22.1. The Hall–Kier alpha value is -1.20. The summed E-state index contributed by atoms with van der Waals surface area (Å²) < 4.78 is 2.24. The van der Waals surface area contributed by atoms with E-state index in [9.17, 15) is 0 Å². The van der Waals surface area contributed by atoms with Gasteiger partial charge in [-0.3, -0.25) is 0 Å². The fourth-order valence-electron chi connectivity index (χ4n) is 2.61. The maximum absolute atomic E-state index is 6.21. The second-order valence-corrected chi connectivity index (χ2v) is 5.42. The lowest BCUT2D eigenvalue weighted by Crippen LogP contribution is -2.30. The van der Waals surface area contributed by atoms with E-state index in [4.69, 9.17) is 5.73 Å². The Bertz CT molecular complexity index is 443. The van der Waals surface area contributed by atoms with Gasteiger partial charge in [-0.25, -0.2) is 0 Å². The third-order valence-electron chi connectivity index (χ3n) is 3.36. The van der Waals surface area contributed by atoms with Crippen LogP contribution in [0.2, 0.25) is 0 Å². The molecule has 2 heteroatoms. The van der Waals surface area contributed by atoms with Crippen LogP contribution in [0.5, 0.6) is 0 Å². The van der Waals surface area contributed by atoms with Crippen LogP contribution >= 0.6 is 0 Å². The molecule has 2 nitrogen and oxygen atoms in total. The van der Waals surface area contributed by atoms with E-state index in [2.05, 4.69) is 42.5 Å². The summed E-state index contributed by atoms with van der Waals surface area (Å²) in [6.07, 6.45) is 4.30. The average molecular weight is 216 g/mol. The van der Waals surface area contributed by atoms with Gasteiger partial charge in [-0.15, -0.1) is 5.92 Å². The summed E-state index contributed by atoms with van der Waals surface area (Å²) in [5.41, 5.74) is 9.22. The number of nitrogens with zero attached hydrogens (tertiary/aromatic N) is 1. The summed E-state index contributed by atoms with van der Waals surface area (Å²) in [4.78, 5) is 0. The lowest BCUT2D eigenvalue weighted by atomic mass is 9.74. The van der Waals surface area contributed by atoms with E-state index < -0.39 is 0 Å². The van der Waals surface area contributed by atoms with Crippen molar-refractivity contribution in [2.24, 2.45) is 11.1 Å². The van der Waals surface area contributed by atoms with Gasteiger partial charge in [0.15, 0.2) is 0 Å². The maximum atomic E-state index is 6.21. The van der Waals surface area contributed by atoms with Crippen LogP contribution in [0.3, 0.4) is 0 Å². The molecule has 0 spiro atoms. The largest absolute Gasteiger partial charge is 0.340 e. The van der Waals surface area contributed by atoms with E-state index in [1.54, 1.807) is 0 Å². The number of nitrogens with two attached hydrogens (primary N) is 1. The van der Waals surface area contributed by atoms with Crippen molar-refractivity contribution in [1.82, 2.24) is 4.57 Å². The topological polar surface area (TPSA) is 30.9 Å². The van der Waals surface area contributed by atoms with Gasteiger partial charge >= 0.3 is 0 Å². The first-order valence-electron chi connectivity index (χ1n) is 5.86. The Labute approximate surface area is 97.8 Å². The highest BCUT2D eigenvalue weighted by Gasteiger charge is 2.32. The molecule has 1 heterocycles. The van der Waals surface area contributed by atoms with Crippen molar-refractivity contribution in [3.8, 4) is 11.8 Å². The molecule has 2 N–H and O–H groups in total. The van der Waals surface area contributed by atoms with E-state index in [0.29, 0.717) is 5.41 Å². The molecule has 0 fully saturated rings. The number of rotatable bonds is 1. The van der Waals surface area contributed by atoms with Crippen LogP contribution in [0.1, 0.15) is 44.5 Å². The first kappa shape index (κ1) is 11.3. The Morgan fingerprint density at radius 1 is 1.56 bits per heavy atom. The van der Waals surface area contributed by atoms with Gasteiger partial charge in [0.25, 0.3) is 0 Å². The van der Waals surface area contributed by atoms with Gasteiger partial charge in [0.2, 0.25) is 0 Å². The molecule has 1 aromatic heterocycles. The second-order valence-electron chi connectivity index (χ2n) is 5.42. The van der Waals surface area contributed by atoms with Gasteiger partial charge < -0.3 is 10.3 Å². The molecule has 86 valence electrons. The smallest absolute Gasteiger partial charge is 0.0834 e. The minimum absolute atomic E-state index is 0.189. The third kappa shape index (κ3) is 2.01. The van der Waals surface area contributed by atoms with Crippen LogP contribution < -0.4 is 5.73 Å². The first-order valence-corrected chi connectivity index (χ1v) is 5.86. The van der Waals surface area contributed by atoms with Gasteiger partial charge in [0, 0.05) is 17.9 Å². The number of aromatic nitrogens is 1. The molecule has 1 aromatic rings. The molecule has 0 aromatic carbocycles. The van der Waals surface area contributed by atoms with Gasteiger partial charge in [-0.05, 0) is 36.8 Å². The highest BCUT2D eigenvalue weighted by atomic mass is 15.0. The van der Waals surface area contributed by atoms with Gasteiger partial charge in [-0.1, -0.05) is 19.8 Å². The Morgan fingerprint density at radius 2 is 2.31 bits per heavy atom. The minimum Gasteiger partial charge on any atom is -0.340 e. The molecule has 0 radical (unpaired) electrons. The predicted molar refractivity (Wildman–Crippen MR) is 66.9 cm³/mol. The monoisotopic (exact) mass is 216 g/mol. The molecule has 1 atom stereocenters. The highest BCUT2D eigenvalue weighted by Crippen LogP contribution is 2.39. The van der Waals surface area contributed by atoms with Crippen molar-refractivity contribution in [1.29, 1.82) is 0 Å². The van der Waals surface area contributed by atoms with Gasteiger partial charge in [0.05, 0.1) is 6.54 Å². The fourth-order valence-corrected chi connectivity index (χ4v) is 2.61. The van der Waals surface area contributed by atoms with Gasteiger partial charge in [-0.2, -0.15) is 0 Å². The van der Waals surface area contributed by atoms with Crippen LogP contribution in [-0.4, -0.2) is 4.57 Å². The molecule has 2 rings (SSSR count). The molecule has 1 aliphatic rings. The molecule has 0 saturated heterocycles. The third-order valence-corrected chi connectivity index (χ3v) is 3.36. The molecule has 0 amide bonds. The zero-order valence-corrected chi connectivity index (χ0v) is 10.4. The van der Waals surface area contributed by atoms with E-state index in [0.717, 1.165) is 19.4 Å². The molecule has 0 saturated carbocycles. The zero-order chi connectivity index (χ0) is 11.8. The standard InChI is InChI=1S/C14H20N2/c1-4-5-7-16-8-6-11-12(15)9-14(2,3)10-13(11)16/h6,8,12H,7,9-10,15H2,1-3H3. The first-order chi connectivity index (χ1) is 7.53. The van der Waals surface area contributed by atoms with Crippen LogP contribution in [0.25, 0.3) is 0 Å². The van der Waals surface area contributed by atoms with E-state index in [1.807, 2.05) is 6.92 Å². The Balaban J connectivity index is 2.35. The predicted octanol–water partition coefficient (Wildman–Crippen LogP) is 2.48. The van der Waals surface area contributed by atoms with Crippen molar-refractivity contribution in [3.05, 3.63) is 23.5 Å². The molecular formula is C14H20N2. The van der Waals surface area contributed by atoms with Crippen molar-refractivity contribution >= 4 is 0 Å². The van der Waals surface area contributed by atoms with Crippen molar-refractivity contribution in [2.75, 3.05) is 0 Å². The van der Waals surface area contributed by atoms with Gasteiger partial charge in [0.1, 0.15) is 0 Å². The van der Waals surface area contributed by atoms with Crippen molar-refractivity contribution in [2.45, 2.75) is 46.2 Å². The summed E-state index contributed by atoms with van der Waals surface area (Å²) in [5.74, 6) is 6.06. The molecule has 1 aliphatic carbocycles. The minimum atomic E-state index is 0.189. The Morgan fingerprint density at radius 3 is 3.00 bits per heavy atom. The zero-order valence-electron chi connectivity index (χ0n) is 10.4. The lowest BCUT2D eigenvalue weighted by Gasteiger charge is -2.34. The van der Waals surface area contributed by atoms with Crippen LogP contribution in [0.15, 0.2) is 12.3 Å². The molecule has 16 heavy (non-hydrogen) atoms. The summed E-state index contributed by atoms with van der Waals surface area (Å²) in [6, 6.07) is 2.35. The SMILES string of the molecule is CC#CCn1ccc2c1CC(C)(C)CC2N. The summed E-state index contributed by atoms with van der Waals surface area (Å²) in [6.45, 7) is 7.25. The van der Waals surface area contributed by atoms with E-state index >= 15 is 0 Å². The van der Waals surface area contributed by atoms with Crippen LogP contribution in [0.4, 0.5) is 0 Å². The van der Waals surface area contributed by atoms with Crippen LogP contribution in [0, 0.1) is 17.3 Å².